The van der Waals surface area contributed by atoms with Crippen LogP contribution in [0.4, 0.5) is 0 Å². The van der Waals surface area contributed by atoms with Crippen LogP contribution in [0.5, 0.6) is 0 Å². The predicted octanol–water partition coefficient (Wildman–Crippen LogP) is 1.80. The van der Waals surface area contributed by atoms with E-state index >= 15 is 0 Å². The van der Waals surface area contributed by atoms with Gasteiger partial charge in [0.2, 0.25) is 0 Å². The zero-order chi connectivity index (χ0) is 8.93. The molecule has 0 radical (unpaired) electrons. The van der Waals surface area contributed by atoms with E-state index < -0.39 is 0 Å². The Hall–Kier alpha value is -0.350. The van der Waals surface area contributed by atoms with Gasteiger partial charge in [-0.2, -0.15) is 0 Å². The summed E-state index contributed by atoms with van der Waals surface area (Å²) in [6, 6.07) is 5.89. The van der Waals surface area contributed by atoms with Gasteiger partial charge in [0.25, 0.3) is 0 Å². The quantitative estimate of drug-likeness (QED) is 0.889. The van der Waals surface area contributed by atoms with E-state index in [0.29, 0.717) is 12.7 Å². The zero-order valence-electron chi connectivity index (χ0n) is 8.39. The second kappa shape index (κ2) is 7.88. The lowest BCUT2D eigenvalue weighted by atomic mass is 10.3. The van der Waals surface area contributed by atoms with Crippen molar-refractivity contribution >= 4 is 24.8 Å². The van der Waals surface area contributed by atoms with Crippen LogP contribution in [0.3, 0.4) is 0 Å². The number of aromatic nitrogens is 1. The number of rotatable bonds is 3. The summed E-state index contributed by atoms with van der Waals surface area (Å²) in [5.74, 6) is 0. The van der Waals surface area contributed by atoms with E-state index in [4.69, 9.17) is 4.74 Å². The fourth-order valence-electron chi connectivity index (χ4n) is 1.46. The van der Waals surface area contributed by atoms with Gasteiger partial charge in [-0.05, 0) is 25.1 Å². The summed E-state index contributed by atoms with van der Waals surface area (Å²) in [7, 11) is 0. The second-order valence-electron chi connectivity index (χ2n) is 3.25. The standard InChI is InChI=1S/C10H14N2O.2ClH/c1-2-5-12-9(3-1)8-13-10-4-6-11-7-10;;/h1-3,5,10-11H,4,6-8H2;2*1H/t10-;;/m1../s1. The zero-order valence-corrected chi connectivity index (χ0v) is 10.0. The molecule has 0 spiro atoms. The molecule has 1 aliphatic rings. The van der Waals surface area contributed by atoms with Crippen molar-refractivity contribution in [2.24, 2.45) is 0 Å². The molecule has 1 saturated heterocycles. The van der Waals surface area contributed by atoms with Gasteiger partial charge < -0.3 is 10.1 Å². The molecule has 1 aromatic heterocycles. The third kappa shape index (κ3) is 4.80. The Bertz CT molecular complexity index is 253. The SMILES string of the molecule is Cl.Cl.c1ccc(CO[C@@H]2CCNC2)nc1. The molecule has 3 nitrogen and oxygen atoms in total. The van der Waals surface area contributed by atoms with Crippen LogP contribution in [-0.4, -0.2) is 24.2 Å². The Labute approximate surface area is 102 Å². The van der Waals surface area contributed by atoms with Gasteiger partial charge in [-0.1, -0.05) is 6.07 Å². The van der Waals surface area contributed by atoms with E-state index in [-0.39, 0.29) is 24.8 Å². The van der Waals surface area contributed by atoms with E-state index in [1.807, 2.05) is 18.2 Å². The van der Waals surface area contributed by atoms with E-state index in [9.17, 15) is 0 Å². The summed E-state index contributed by atoms with van der Waals surface area (Å²) in [4.78, 5) is 4.19. The van der Waals surface area contributed by atoms with Crippen LogP contribution < -0.4 is 5.32 Å². The maximum Gasteiger partial charge on any atom is 0.0892 e. The Morgan fingerprint density at radius 3 is 2.87 bits per heavy atom. The van der Waals surface area contributed by atoms with Crippen molar-refractivity contribution in [3.63, 3.8) is 0 Å². The van der Waals surface area contributed by atoms with Crippen molar-refractivity contribution in [2.45, 2.75) is 19.1 Å². The van der Waals surface area contributed by atoms with Crippen LogP contribution in [0, 0.1) is 0 Å². The van der Waals surface area contributed by atoms with Gasteiger partial charge in [-0.25, -0.2) is 0 Å². The first-order valence-electron chi connectivity index (χ1n) is 4.67. The molecule has 0 saturated carbocycles. The van der Waals surface area contributed by atoms with Crippen molar-refractivity contribution in [2.75, 3.05) is 13.1 Å². The summed E-state index contributed by atoms with van der Waals surface area (Å²) in [6.07, 6.45) is 3.29. The third-order valence-corrected chi connectivity index (χ3v) is 2.21. The smallest absolute Gasteiger partial charge is 0.0892 e. The molecule has 2 heterocycles. The maximum absolute atomic E-state index is 5.66. The molecule has 0 unspecified atom stereocenters. The average molecular weight is 251 g/mol. The van der Waals surface area contributed by atoms with Gasteiger partial charge in [-0.3, -0.25) is 4.98 Å². The normalized spacial score (nSPS) is 19.1. The number of nitrogens with one attached hydrogen (secondary N) is 1. The number of nitrogens with zero attached hydrogens (tertiary/aromatic N) is 1. The molecule has 0 aliphatic carbocycles. The van der Waals surface area contributed by atoms with Gasteiger partial charge in [-0.15, -0.1) is 24.8 Å². The number of pyridine rings is 1. The summed E-state index contributed by atoms with van der Waals surface area (Å²) < 4.78 is 5.66. The molecule has 0 bridgehead atoms. The minimum Gasteiger partial charge on any atom is -0.371 e. The minimum atomic E-state index is 0. The van der Waals surface area contributed by atoms with Crippen LogP contribution >= 0.6 is 24.8 Å². The fraction of sp³-hybridized carbons (Fsp3) is 0.500. The fourth-order valence-corrected chi connectivity index (χ4v) is 1.46. The monoisotopic (exact) mass is 250 g/mol. The predicted molar refractivity (Wildman–Crippen MR) is 64.8 cm³/mol. The third-order valence-electron chi connectivity index (χ3n) is 2.21. The van der Waals surface area contributed by atoms with Crippen molar-refractivity contribution in [3.05, 3.63) is 30.1 Å². The highest BCUT2D eigenvalue weighted by molar-refractivity contribution is 5.85. The lowest BCUT2D eigenvalue weighted by Crippen LogP contribution is -2.16. The molecule has 15 heavy (non-hydrogen) atoms. The molecule has 1 N–H and O–H groups in total. The van der Waals surface area contributed by atoms with Crippen LogP contribution in [-0.2, 0) is 11.3 Å². The molecule has 1 aliphatic heterocycles. The number of hydrogen-bond acceptors (Lipinski definition) is 3. The van der Waals surface area contributed by atoms with Crippen molar-refractivity contribution in [1.82, 2.24) is 10.3 Å². The molecule has 86 valence electrons. The van der Waals surface area contributed by atoms with Gasteiger partial charge in [0.1, 0.15) is 0 Å². The Morgan fingerprint density at radius 1 is 1.40 bits per heavy atom. The maximum atomic E-state index is 5.66. The van der Waals surface area contributed by atoms with Gasteiger partial charge in [0.05, 0.1) is 18.4 Å². The van der Waals surface area contributed by atoms with E-state index in [0.717, 1.165) is 25.2 Å². The number of hydrogen-bond donors (Lipinski definition) is 1. The molecular weight excluding hydrogens is 235 g/mol. The second-order valence-corrected chi connectivity index (χ2v) is 3.25. The summed E-state index contributed by atoms with van der Waals surface area (Å²) in [6.45, 7) is 2.69. The van der Waals surface area contributed by atoms with Crippen molar-refractivity contribution in [1.29, 1.82) is 0 Å². The minimum absolute atomic E-state index is 0. The summed E-state index contributed by atoms with van der Waals surface area (Å²) in [5.41, 5.74) is 1.01. The highest BCUT2D eigenvalue weighted by Gasteiger charge is 2.14. The molecular formula is C10H16Cl2N2O. The highest BCUT2D eigenvalue weighted by atomic mass is 35.5. The molecule has 2 rings (SSSR count). The first-order chi connectivity index (χ1) is 6.45. The highest BCUT2D eigenvalue weighted by Crippen LogP contribution is 2.06. The number of ether oxygens (including phenoxy) is 1. The average Bonchev–Trinajstić information content (AvgIpc) is 2.69. The molecule has 5 heteroatoms. The van der Waals surface area contributed by atoms with E-state index in [2.05, 4.69) is 10.3 Å². The van der Waals surface area contributed by atoms with Gasteiger partial charge in [0.15, 0.2) is 0 Å². The largest absolute Gasteiger partial charge is 0.371 e. The van der Waals surface area contributed by atoms with E-state index in [1.165, 1.54) is 0 Å². The van der Waals surface area contributed by atoms with E-state index in [1.54, 1.807) is 6.20 Å². The van der Waals surface area contributed by atoms with Gasteiger partial charge >= 0.3 is 0 Å². The van der Waals surface area contributed by atoms with Crippen LogP contribution in [0.25, 0.3) is 0 Å². The van der Waals surface area contributed by atoms with Crippen molar-refractivity contribution in [3.8, 4) is 0 Å². The summed E-state index contributed by atoms with van der Waals surface area (Å²) in [5, 5.41) is 3.26. The Balaban J connectivity index is 0.000000980. The first kappa shape index (κ1) is 14.6. The van der Waals surface area contributed by atoms with Crippen molar-refractivity contribution < 1.29 is 4.74 Å². The first-order valence-corrected chi connectivity index (χ1v) is 4.67. The van der Waals surface area contributed by atoms with Crippen LogP contribution in [0.15, 0.2) is 24.4 Å². The molecule has 1 fully saturated rings. The topological polar surface area (TPSA) is 34.1 Å². The molecule has 0 amide bonds. The molecule has 1 atom stereocenters. The van der Waals surface area contributed by atoms with Gasteiger partial charge in [0, 0.05) is 12.7 Å². The Morgan fingerprint density at radius 2 is 2.27 bits per heavy atom. The Kier molecular flexibility index (Phi) is 7.70. The molecule has 1 aromatic rings. The lowest BCUT2D eigenvalue weighted by molar-refractivity contribution is 0.0522. The molecule has 0 aromatic carbocycles. The lowest BCUT2D eigenvalue weighted by Gasteiger charge is -2.09. The van der Waals surface area contributed by atoms with Crippen LogP contribution in [0.2, 0.25) is 0 Å². The summed E-state index contributed by atoms with van der Waals surface area (Å²) >= 11 is 0. The number of halogens is 2. The van der Waals surface area contributed by atoms with Crippen LogP contribution in [0.1, 0.15) is 12.1 Å².